The first kappa shape index (κ1) is 23.0. The number of nitrogens with one attached hydrogen (secondary N) is 1. The average molecular weight is 470 g/mol. The lowest BCUT2D eigenvalue weighted by atomic mass is 10.1. The minimum absolute atomic E-state index is 0.0145. The van der Waals surface area contributed by atoms with Gasteiger partial charge < -0.3 is 10.1 Å². The van der Waals surface area contributed by atoms with Crippen LogP contribution in [-0.2, 0) is 19.3 Å². The van der Waals surface area contributed by atoms with Gasteiger partial charge in [-0.25, -0.2) is 9.07 Å². The van der Waals surface area contributed by atoms with E-state index in [-0.39, 0.29) is 12.2 Å². The molecule has 0 bridgehead atoms. The van der Waals surface area contributed by atoms with Crippen molar-refractivity contribution < 1.29 is 27.1 Å². The summed E-state index contributed by atoms with van der Waals surface area (Å²) >= 11 is 0. The predicted molar refractivity (Wildman–Crippen MR) is 115 cm³/mol. The highest BCUT2D eigenvalue weighted by Gasteiger charge is 2.42. The van der Waals surface area contributed by atoms with Gasteiger partial charge in [0.2, 0.25) is 0 Å². The summed E-state index contributed by atoms with van der Waals surface area (Å²) in [5, 5.41) is 9.33. The number of halogens is 4. The number of ether oxygens (including phenoxy) is 1. The van der Waals surface area contributed by atoms with Gasteiger partial charge in [0, 0.05) is 6.54 Å². The van der Waals surface area contributed by atoms with Crippen molar-refractivity contribution in [3.8, 4) is 11.4 Å². The number of benzene rings is 3. The Balaban J connectivity index is 1.43. The molecule has 34 heavy (non-hydrogen) atoms. The summed E-state index contributed by atoms with van der Waals surface area (Å²) in [6.07, 6.45) is -4.91. The van der Waals surface area contributed by atoms with Gasteiger partial charge in [-0.3, -0.25) is 4.79 Å². The van der Waals surface area contributed by atoms with Crippen molar-refractivity contribution >= 4 is 5.91 Å². The van der Waals surface area contributed by atoms with Crippen molar-refractivity contribution in [2.45, 2.75) is 19.3 Å². The van der Waals surface area contributed by atoms with Gasteiger partial charge in [0.05, 0.1) is 5.69 Å². The molecule has 10 heteroatoms. The molecule has 0 spiro atoms. The molecule has 0 radical (unpaired) electrons. The third kappa shape index (κ3) is 5.40. The number of carbonyl (C=O) groups excluding carboxylic acids is 1. The highest BCUT2D eigenvalue weighted by atomic mass is 19.4. The van der Waals surface area contributed by atoms with Crippen LogP contribution in [-0.4, -0.2) is 20.9 Å². The van der Waals surface area contributed by atoms with Crippen molar-refractivity contribution in [2.75, 3.05) is 0 Å². The monoisotopic (exact) mass is 470 g/mol. The number of carbonyl (C=O) groups is 1. The van der Waals surface area contributed by atoms with E-state index >= 15 is 0 Å². The first-order valence-corrected chi connectivity index (χ1v) is 10.1. The zero-order valence-electron chi connectivity index (χ0n) is 17.6. The second-order valence-corrected chi connectivity index (χ2v) is 7.27. The van der Waals surface area contributed by atoms with E-state index in [4.69, 9.17) is 4.74 Å². The highest BCUT2D eigenvalue weighted by molar-refractivity contribution is 5.93. The molecular weight excluding hydrogens is 452 g/mol. The van der Waals surface area contributed by atoms with Gasteiger partial charge in [-0.1, -0.05) is 47.7 Å². The Morgan fingerprint density at radius 2 is 1.56 bits per heavy atom. The molecule has 4 rings (SSSR count). The molecule has 6 nitrogen and oxygen atoms in total. The van der Waals surface area contributed by atoms with E-state index in [0.717, 1.165) is 35.6 Å². The Morgan fingerprint density at radius 1 is 0.912 bits per heavy atom. The molecule has 1 aromatic heterocycles. The summed E-state index contributed by atoms with van der Waals surface area (Å²) in [7, 11) is 0. The van der Waals surface area contributed by atoms with Gasteiger partial charge in [0.1, 0.15) is 18.2 Å². The molecule has 0 unspecified atom stereocenters. The van der Waals surface area contributed by atoms with Crippen LogP contribution in [0.25, 0.3) is 5.69 Å². The van der Waals surface area contributed by atoms with Crippen LogP contribution in [0.1, 0.15) is 27.3 Å². The minimum atomic E-state index is -4.91. The number of nitrogens with zero attached hydrogens (tertiary/aromatic N) is 3. The van der Waals surface area contributed by atoms with Crippen LogP contribution >= 0.6 is 0 Å². The van der Waals surface area contributed by atoms with Gasteiger partial charge in [0.25, 0.3) is 5.91 Å². The third-order valence-electron chi connectivity index (χ3n) is 4.85. The fraction of sp³-hybridized carbons (Fsp3) is 0.125. The van der Waals surface area contributed by atoms with Crippen LogP contribution in [0.5, 0.6) is 5.75 Å². The Morgan fingerprint density at radius 3 is 2.21 bits per heavy atom. The fourth-order valence-corrected chi connectivity index (χ4v) is 3.15. The number of aromatic nitrogens is 3. The van der Waals surface area contributed by atoms with Gasteiger partial charge in [-0.2, -0.15) is 13.2 Å². The topological polar surface area (TPSA) is 69.0 Å². The van der Waals surface area contributed by atoms with Gasteiger partial charge in [-0.15, -0.1) is 5.10 Å². The maximum atomic E-state index is 13.7. The summed E-state index contributed by atoms with van der Waals surface area (Å²) in [4.78, 5) is 12.5. The van der Waals surface area contributed by atoms with Crippen LogP contribution in [0.15, 0.2) is 78.9 Å². The predicted octanol–water partition coefficient (Wildman–Crippen LogP) is 4.93. The third-order valence-corrected chi connectivity index (χ3v) is 4.85. The standard InChI is InChI=1S/C24H18F4N4O2/c25-18-10-12-19(13-11-18)32-22(24(26,27)28)21(30-31-32)23(33)29-14-16-6-8-17(9-7-16)15-34-20-4-2-1-3-5-20/h1-13H,14-15H2,(H,29,33). The molecule has 3 aromatic carbocycles. The number of hydrogen-bond acceptors (Lipinski definition) is 4. The second kappa shape index (κ2) is 9.74. The van der Waals surface area contributed by atoms with Crippen molar-refractivity contribution in [1.29, 1.82) is 0 Å². The van der Waals surface area contributed by atoms with Crippen LogP contribution in [0, 0.1) is 5.82 Å². The molecule has 0 saturated carbocycles. The van der Waals surface area contributed by atoms with E-state index in [1.54, 1.807) is 24.3 Å². The van der Waals surface area contributed by atoms with Crippen molar-refractivity contribution in [2.24, 2.45) is 0 Å². The Labute approximate surface area is 191 Å². The first-order valence-electron chi connectivity index (χ1n) is 10.1. The molecule has 0 saturated heterocycles. The minimum Gasteiger partial charge on any atom is -0.489 e. The number of rotatable bonds is 7. The molecule has 0 fully saturated rings. The normalized spacial score (nSPS) is 11.3. The van der Waals surface area contributed by atoms with Crippen LogP contribution in [0.3, 0.4) is 0 Å². The van der Waals surface area contributed by atoms with Gasteiger partial charge in [-0.05, 0) is 47.5 Å². The number of amides is 1. The molecule has 1 N–H and O–H groups in total. The lowest BCUT2D eigenvalue weighted by Crippen LogP contribution is -2.27. The number of para-hydroxylation sites is 1. The van der Waals surface area contributed by atoms with E-state index < -0.39 is 29.3 Å². The van der Waals surface area contributed by atoms with Crippen molar-refractivity contribution in [1.82, 2.24) is 20.3 Å². The Hall–Kier alpha value is -4.21. The number of hydrogen-bond donors (Lipinski definition) is 1. The first-order chi connectivity index (χ1) is 16.3. The van der Waals surface area contributed by atoms with Crippen molar-refractivity contribution in [3.05, 3.63) is 107 Å². The molecule has 0 aliphatic heterocycles. The molecule has 174 valence electrons. The van der Waals surface area contributed by atoms with E-state index in [0.29, 0.717) is 16.9 Å². The van der Waals surface area contributed by atoms with E-state index in [1.165, 1.54) is 0 Å². The Kier molecular flexibility index (Phi) is 6.58. The molecule has 1 heterocycles. The average Bonchev–Trinajstić information content (AvgIpc) is 3.29. The molecule has 4 aromatic rings. The lowest BCUT2D eigenvalue weighted by Gasteiger charge is -2.11. The zero-order valence-corrected chi connectivity index (χ0v) is 17.6. The highest BCUT2D eigenvalue weighted by Crippen LogP contribution is 2.32. The van der Waals surface area contributed by atoms with Crippen LogP contribution < -0.4 is 10.1 Å². The SMILES string of the molecule is O=C(NCc1ccc(COc2ccccc2)cc1)c1nnn(-c2ccc(F)cc2)c1C(F)(F)F. The zero-order chi connectivity index (χ0) is 24.1. The smallest absolute Gasteiger partial charge is 0.435 e. The lowest BCUT2D eigenvalue weighted by molar-refractivity contribution is -0.143. The molecule has 1 amide bonds. The quantitative estimate of drug-likeness (QED) is 0.389. The van der Waals surface area contributed by atoms with Gasteiger partial charge in [0.15, 0.2) is 11.4 Å². The maximum absolute atomic E-state index is 13.7. The van der Waals surface area contributed by atoms with Crippen molar-refractivity contribution in [3.63, 3.8) is 0 Å². The molecule has 0 aliphatic rings. The van der Waals surface area contributed by atoms with E-state index in [9.17, 15) is 22.4 Å². The van der Waals surface area contributed by atoms with E-state index in [1.807, 2.05) is 30.3 Å². The molecule has 0 atom stereocenters. The summed E-state index contributed by atoms with van der Waals surface area (Å²) in [5.41, 5.74) is -0.722. The van der Waals surface area contributed by atoms with Gasteiger partial charge >= 0.3 is 6.18 Å². The fourth-order valence-electron chi connectivity index (χ4n) is 3.15. The molecular formula is C24H18F4N4O2. The van der Waals surface area contributed by atoms with Crippen LogP contribution in [0.4, 0.5) is 17.6 Å². The summed E-state index contributed by atoms with van der Waals surface area (Å²) in [5.74, 6) is -0.918. The summed E-state index contributed by atoms with van der Waals surface area (Å²) < 4.78 is 60.4. The van der Waals surface area contributed by atoms with Crippen LogP contribution in [0.2, 0.25) is 0 Å². The largest absolute Gasteiger partial charge is 0.489 e. The Bertz CT molecular complexity index is 1260. The molecule has 0 aliphatic carbocycles. The van der Waals surface area contributed by atoms with E-state index in [2.05, 4.69) is 15.6 Å². The second-order valence-electron chi connectivity index (χ2n) is 7.27. The summed E-state index contributed by atoms with van der Waals surface area (Å²) in [6, 6.07) is 20.6. The number of alkyl halides is 3. The maximum Gasteiger partial charge on any atom is 0.435 e. The summed E-state index contributed by atoms with van der Waals surface area (Å²) in [6.45, 7) is 0.331.